The van der Waals surface area contributed by atoms with Gasteiger partial charge in [0.05, 0.1) is 6.54 Å². The van der Waals surface area contributed by atoms with Crippen molar-refractivity contribution in [3.8, 4) is 0 Å². The van der Waals surface area contributed by atoms with E-state index in [1.807, 2.05) is 9.80 Å². The normalized spacial score (nSPS) is 22.0. The molecule has 0 N–H and O–H groups in total. The zero-order valence-electron chi connectivity index (χ0n) is 14.7. The van der Waals surface area contributed by atoms with E-state index >= 15 is 0 Å². The Balaban J connectivity index is 1.50. The van der Waals surface area contributed by atoms with Crippen LogP contribution in [0.3, 0.4) is 0 Å². The lowest BCUT2D eigenvalue weighted by Crippen LogP contribution is -2.52. The van der Waals surface area contributed by atoms with Gasteiger partial charge < -0.3 is 9.80 Å². The first-order chi connectivity index (χ1) is 11.5. The topological polar surface area (TPSA) is 43.9 Å². The minimum Gasteiger partial charge on any atom is -0.339 e. The first-order valence-corrected chi connectivity index (χ1v) is 8.86. The summed E-state index contributed by atoms with van der Waals surface area (Å²) >= 11 is 0. The third-order valence-electron chi connectivity index (χ3n) is 5.34. The molecular weight excluding hydrogens is 302 g/mol. The molecular formula is C19H27N3O2. The van der Waals surface area contributed by atoms with Crippen molar-refractivity contribution in [1.29, 1.82) is 0 Å². The number of amides is 2. The summed E-state index contributed by atoms with van der Waals surface area (Å²) in [7, 11) is 0. The van der Waals surface area contributed by atoms with Gasteiger partial charge in [-0.3, -0.25) is 14.5 Å². The highest BCUT2D eigenvalue weighted by molar-refractivity contribution is 5.79. The second kappa shape index (κ2) is 7.34. The van der Waals surface area contributed by atoms with Gasteiger partial charge in [-0.25, -0.2) is 0 Å². The summed E-state index contributed by atoms with van der Waals surface area (Å²) < 4.78 is 0. The van der Waals surface area contributed by atoms with E-state index in [1.54, 1.807) is 6.92 Å². The summed E-state index contributed by atoms with van der Waals surface area (Å²) in [5, 5.41) is 0. The summed E-state index contributed by atoms with van der Waals surface area (Å²) in [6, 6.07) is 8.56. The van der Waals surface area contributed by atoms with Crippen LogP contribution in [-0.2, 0) is 9.59 Å². The maximum atomic E-state index is 12.5. The summed E-state index contributed by atoms with van der Waals surface area (Å²) in [6.45, 7) is 8.84. The molecule has 5 heteroatoms. The van der Waals surface area contributed by atoms with E-state index in [2.05, 4.69) is 36.1 Å². The average Bonchev–Trinajstić information content (AvgIpc) is 3.03. The molecule has 0 aromatic heterocycles. The van der Waals surface area contributed by atoms with Crippen LogP contribution < -0.4 is 0 Å². The molecule has 0 radical (unpaired) electrons. The van der Waals surface area contributed by atoms with E-state index in [1.165, 1.54) is 11.1 Å². The number of likely N-dealkylation sites (tertiary alicyclic amines) is 1. The fourth-order valence-corrected chi connectivity index (χ4v) is 3.84. The Bertz CT molecular complexity index is 608. The first kappa shape index (κ1) is 17.0. The second-order valence-corrected chi connectivity index (χ2v) is 6.96. The van der Waals surface area contributed by atoms with Crippen LogP contribution in [0, 0.1) is 6.92 Å². The van der Waals surface area contributed by atoms with Gasteiger partial charge in [0, 0.05) is 39.6 Å². The lowest BCUT2D eigenvalue weighted by atomic mass is 9.94. The summed E-state index contributed by atoms with van der Waals surface area (Å²) in [5.41, 5.74) is 2.76. The standard InChI is InChI=1S/C19H27N3O2/c1-15-5-3-4-6-18(15)17-7-8-20(13-17)14-19(24)22-11-9-21(10-12-22)16(2)23/h3-6,17H,7-14H2,1-2H3/t17-/m1/s1. The van der Waals surface area contributed by atoms with Crippen LogP contribution in [0.5, 0.6) is 0 Å². The smallest absolute Gasteiger partial charge is 0.236 e. The lowest BCUT2D eigenvalue weighted by molar-refractivity contribution is -0.139. The van der Waals surface area contributed by atoms with Crippen LogP contribution in [0.15, 0.2) is 24.3 Å². The Hall–Kier alpha value is -1.88. The van der Waals surface area contributed by atoms with Gasteiger partial charge in [-0.05, 0) is 36.9 Å². The highest BCUT2D eigenvalue weighted by atomic mass is 16.2. The van der Waals surface area contributed by atoms with Gasteiger partial charge >= 0.3 is 0 Å². The van der Waals surface area contributed by atoms with Gasteiger partial charge in [0.2, 0.25) is 11.8 Å². The molecule has 2 aliphatic heterocycles. The van der Waals surface area contributed by atoms with Crippen molar-refractivity contribution >= 4 is 11.8 Å². The predicted octanol–water partition coefficient (Wildman–Crippen LogP) is 1.48. The van der Waals surface area contributed by atoms with Crippen molar-refractivity contribution in [3.05, 3.63) is 35.4 Å². The van der Waals surface area contributed by atoms with Gasteiger partial charge in [-0.15, -0.1) is 0 Å². The van der Waals surface area contributed by atoms with Crippen LogP contribution >= 0.6 is 0 Å². The van der Waals surface area contributed by atoms with Crippen LogP contribution in [0.2, 0.25) is 0 Å². The minimum absolute atomic E-state index is 0.0997. The molecule has 0 spiro atoms. The van der Waals surface area contributed by atoms with E-state index in [0.29, 0.717) is 38.6 Å². The minimum atomic E-state index is 0.0997. The molecule has 1 aromatic carbocycles. The van der Waals surface area contributed by atoms with E-state index in [9.17, 15) is 9.59 Å². The zero-order chi connectivity index (χ0) is 17.1. The maximum Gasteiger partial charge on any atom is 0.236 e. The molecule has 1 atom stereocenters. The number of benzene rings is 1. The first-order valence-electron chi connectivity index (χ1n) is 8.86. The fourth-order valence-electron chi connectivity index (χ4n) is 3.84. The van der Waals surface area contributed by atoms with Crippen molar-refractivity contribution in [1.82, 2.24) is 14.7 Å². The third-order valence-corrected chi connectivity index (χ3v) is 5.34. The molecule has 1 aromatic rings. The molecule has 2 fully saturated rings. The van der Waals surface area contributed by atoms with Crippen molar-refractivity contribution in [2.75, 3.05) is 45.8 Å². The molecule has 24 heavy (non-hydrogen) atoms. The number of hydrogen-bond acceptors (Lipinski definition) is 3. The third kappa shape index (κ3) is 3.78. The van der Waals surface area contributed by atoms with Crippen LogP contribution in [0.25, 0.3) is 0 Å². The number of carbonyl (C=O) groups excluding carboxylic acids is 2. The predicted molar refractivity (Wildman–Crippen MR) is 93.8 cm³/mol. The molecule has 2 aliphatic rings. The Morgan fingerprint density at radius 2 is 1.71 bits per heavy atom. The number of piperazine rings is 1. The van der Waals surface area contributed by atoms with Crippen molar-refractivity contribution in [2.24, 2.45) is 0 Å². The largest absolute Gasteiger partial charge is 0.339 e. The molecule has 0 unspecified atom stereocenters. The Morgan fingerprint density at radius 3 is 2.38 bits per heavy atom. The maximum absolute atomic E-state index is 12.5. The van der Waals surface area contributed by atoms with Gasteiger partial charge in [-0.1, -0.05) is 24.3 Å². The molecule has 3 rings (SSSR count). The molecule has 2 heterocycles. The molecule has 130 valence electrons. The Morgan fingerprint density at radius 1 is 1.04 bits per heavy atom. The number of hydrogen-bond donors (Lipinski definition) is 0. The number of rotatable bonds is 3. The Kier molecular flexibility index (Phi) is 5.19. The van der Waals surface area contributed by atoms with Gasteiger partial charge in [0.1, 0.15) is 0 Å². The van der Waals surface area contributed by atoms with E-state index in [0.717, 1.165) is 19.5 Å². The number of nitrogens with zero attached hydrogens (tertiary/aromatic N) is 3. The summed E-state index contributed by atoms with van der Waals surface area (Å²) in [4.78, 5) is 29.9. The van der Waals surface area contributed by atoms with Gasteiger partial charge in [0.15, 0.2) is 0 Å². The average molecular weight is 329 g/mol. The van der Waals surface area contributed by atoms with Crippen LogP contribution in [0.4, 0.5) is 0 Å². The van der Waals surface area contributed by atoms with E-state index < -0.39 is 0 Å². The summed E-state index contributed by atoms with van der Waals surface area (Å²) in [5.74, 6) is 0.833. The highest BCUT2D eigenvalue weighted by Gasteiger charge is 2.28. The van der Waals surface area contributed by atoms with Crippen molar-refractivity contribution < 1.29 is 9.59 Å². The molecule has 0 saturated carbocycles. The van der Waals surface area contributed by atoms with E-state index in [-0.39, 0.29) is 11.8 Å². The lowest BCUT2D eigenvalue weighted by Gasteiger charge is -2.35. The van der Waals surface area contributed by atoms with Crippen molar-refractivity contribution in [2.45, 2.75) is 26.2 Å². The molecule has 2 saturated heterocycles. The quantitative estimate of drug-likeness (QED) is 0.844. The van der Waals surface area contributed by atoms with Crippen molar-refractivity contribution in [3.63, 3.8) is 0 Å². The summed E-state index contributed by atoms with van der Waals surface area (Å²) in [6.07, 6.45) is 1.12. The highest BCUT2D eigenvalue weighted by Crippen LogP contribution is 2.29. The second-order valence-electron chi connectivity index (χ2n) is 6.96. The number of aryl methyl sites for hydroxylation is 1. The number of carbonyl (C=O) groups is 2. The molecule has 0 aliphatic carbocycles. The molecule has 2 amide bonds. The molecule has 5 nitrogen and oxygen atoms in total. The van der Waals surface area contributed by atoms with Crippen LogP contribution in [0.1, 0.15) is 30.4 Å². The van der Waals surface area contributed by atoms with Gasteiger partial charge in [-0.2, -0.15) is 0 Å². The fraction of sp³-hybridized carbons (Fsp3) is 0.579. The Labute approximate surface area is 144 Å². The molecule has 0 bridgehead atoms. The van der Waals surface area contributed by atoms with Crippen LogP contribution in [-0.4, -0.2) is 72.3 Å². The van der Waals surface area contributed by atoms with Gasteiger partial charge in [0.25, 0.3) is 0 Å². The SMILES string of the molecule is CC(=O)N1CCN(C(=O)CN2CC[C@@H](c3ccccc3C)C2)CC1. The van der Waals surface area contributed by atoms with E-state index in [4.69, 9.17) is 0 Å². The zero-order valence-corrected chi connectivity index (χ0v) is 14.7. The monoisotopic (exact) mass is 329 g/mol.